The maximum atomic E-state index is 11.2. The third-order valence-corrected chi connectivity index (χ3v) is 2.89. The zero-order valence-electron chi connectivity index (χ0n) is 10.1. The molecule has 0 spiro atoms. The molecule has 1 heterocycles. The molecule has 0 aliphatic heterocycles. The van der Waals surface area contributed by atoms with Crippen LogP contribution in [0.25, 0.3) is 10.8 Å². The molecule has 2 rings (SSSR count). The molecule has 2 aromatic rings. The van der Waals surface area contributed by atoms with Crippen LogP contribution >= 0.6 is 0 Å². The third kappa shape index (κ3) is 2.59. The largest absolute Gasteiger partial charge is 0.389 e. The Bertz CT molecular complexity index is 594. The van der Waals surface area contributed by atoms with E-state index < -0.39 is 12.2 Å². The number of hydrogen-bond donors (Lipinski definition) is 4. The molecule has 0 saturated heterocycles. The number of rotatable bonds is 4. The first-order valence-electron chi connectivity index (χ1n) is 5.75. The van der Waals surface area contributed by atoms with Gasteiger partial charge < -0.3 is 20.5 Å². The summed E-state index contributed by atoms with van der Waals surface area (Å²) in [7, 11) is 1.70. The van der Waals surface area contributed by atoms with Crippen LogP contribution in [-0.2, 0) is 0 Å². The second kappa shape index (κ2) is 5.30. The van der Waals surface area contributed by atoms with Crippen LogP contribution in [0.5, 0.6) is 0 Å². The van der Waals surface area contributed by atoms with E-state index in [1.165, 1.54) is 6.07 Å². The highest BCUT2D eigenvalue weighted by atomic mass is 16.3. The van der Waals surface area contributed by atoms with Crippen LogP contribution < -0.4 is 10.9 Å². The fraction of sp³-hybridized carbons (Fsp3) is 0.308. The molecule has 0 radical (unpaired) electrons. The van der Waals surface area contributed by atoms with Crippen LogP contribution in [0.4, 0.5) is 0 Å². The molecule has 1 aromatic heterocycles. The van der Waals surface area contributed by atoms with Crippen molar-refractivity contribution in [1.82, 2.24) is 10.3 Å². The summed E-state index contributed by atoms with van der Waals surface area (Å²) < 4.78 is 0. The fourth-order valence-electron chi connectivity index (χ4n) is 1.91. The highest BCUT2D eigenvalue weighted by Gasteiger charge is 2.17. The summed E-state index contributed by atoms with van der Waals surface area (Å²) in [4.78, 5) is 13.8. The van der Waals surface area contributed by atoms with Crippen LogP contribution in [0.2, 0.25) is 0 Å². The molecule has 0 fully saturated rings. The fourth-order valence-corrected chi connectivity index (χ4v) is 1.91. The Morgan fingerprint density at radius 2 is 2.06 bits per heavy atom. The highest BCUT2D eigenvalue weighted by Crippen LogP contribution is 2.21. The number of aliphatic hydroxyl groups is 2. The van der Waals surface area contributed by atoms with Gasteiger partial charge in [0.2, 0.25) is 5.56 Å². The van der Waals surface area contributed by atoms with Crippen LogP contribution in [0.15, 0.2) is 35.3 Å². The first-order chi connectivity index (χ1) is 8.61. The number of fused-ring (bicyclic) bond motifs is 1. The van der Waals surface area contributed by atoms with Gasteiger partial charge in [-0.25, -0.2) is 0 Å². The molecule has 0 bridgehead atoms. The molecule has 18 heavy (non-hydrogen) atoms. The Balaban J connectivity index is 2.37. The number of pyridine rings is 1. The van der Waals surface area contributed by atoms with Gasteiger partial charge in [0.05, 0.1) is 6.10 Å². The second-order valence-corrected chi connectivity index (χ2v) is 4.26. The average molecular weight is 248 g/mol. The molecule has 5 heteroatoms. The van der Waals surface area contributed by atoms with Gasteiger partial charge in [-0.2, -0.15) is 0 Å². The van der Waals surface area contributed by atoms with Gasteiger partial charge in [0.1, 0.15) is 6.10 Å². The number of aromatic nitrogens is 1. The maximum Gasteiger partial charge on any atom is 0.248 e. The molecule has 0 aliphatic carbocycles. The Hall–Kier alpha value is -1.69. The van der Waals surface area contributed by atoms with Gasteiger partial charge in [-0.3, -0.25) is 4.79 Å². The number of hydrogen-bond acceptors (Lipinski definition) is 4. The standard InChI is InChI=1S/C13H16N2O3/c1-14-7-11(16)13(18)8-2-3-9-6-15-12(17)5-10(9)4-8/h2-6,11,13-14,16,18H,7H2,1H3,(H,15,17). The minimum atomic E-state index is -0.971. The summed E-state index contributed by atoms with van der Waals surface area (Å²) in [5.74, 6) is 0. The molecule has 96 valence electrons. The summed E-state index contributed by atoms with van der Waals surface area (Å²) in [5.41, 5.74) is 0.403. The monoisotopic (exact) mass is 248 g/mol. The van der Waals surface area contributed by atoms with E-state index in [0.717, 1.165) is 10.8 Å². The number of H-pyrrole nitrogens is 1. The summed E-state index contributed by atoms with van der Waals surface area (Å²) in [6, 6.07) is 6.73. The van der Waals surface area contributed by atoms with E-state index in [-0.39, 0.29) is 5.56 Å². The van der Waals surface area contributed by atoms with E-state index in [1.807, 2.05) is 0 Å². The Labute approximate surface area is 104 Å². The van der Waals surface area contributed by atoms with E-state index in [2.05, 4.69) is 10.3 Å². The van der Waals surface area contributed by atoms with Gasteiger partial charge >= 0.3 is 0 Å². The van der Waals surface area contributed by atoms with Crippen molar-refractivity contribution in [2.75, 3.05) is 13.6 Å². The third-order valence-electron chi connectivity index (χ3n) is 2.89. The van der Waals surface area contributed by atoms with Crippen molar-refractivity contribution in [2.24, 2.45) is 0 Å². The van der Waals surface area contributed by atoms with Gasteiger partial charge in [0.25, 0.3) is 0 Å². The molecule has 0 aliphatic rings. The van der Waals surface area contributed by atoms with E-state index in [0.29, 0.717) is 12.1 Å². The molecular formula is C13H16N2O3. The number of aromatic amines is 1. The lowest BCUT2D eigenvalue weighted by molar-refractivity contribution is 0.0203. The van der Waals surface area contributed by atoms with Crippen LogP contribution in [-0.4, -0.2) is 34.9 Å². The smallest absolute Gasteiger partial charge is 0.248 e. The molecule has 2 atom stereocenters. The Morgan fingerprint density at radius 3 is 2.78 bits per heavy atom. The molecule has 0 amide bonds. The van der Waals surface area contributed by atoms with Crippen molar-refractivity contribution >= 4 is 10.8 Å². The molecule has 2 unspecified atom stereocenters. The van der Waals surface area contributed by atoms with E-state index in [4.69, 9.17) is 0 Å². The Kier molecular flexibility index (Phi) is 3.76. The minimum absolute atomic E-state index is 0.190. The lowest BCUT2D eigenvalue weighted by Crippen LogP contribution is -2.29. The summed E-state index contributed by atoms with van der Waals surface area (Å²) in [6.07, 6.45) is -0.228. The van der Waals surface area contributed by atoms with Crippen LogP contribution in [0.1, 0.15) is 11.7 Å². The number of nitrogens with one attached hydrogen (secondary N) is 2. The quantitative estimate of drug-likeness (QED) is 0.620. The summed E-state index contributed by atoms with van der Waals surface area (Å²) in [5, 5.41) is 24.1. The van der Waals surface area contributed by atoms with Crippen molar-refractivity contribution in [3.63, 3.8) is 0 Å². The van der Waals surface area contributed by atoms with Gasteiger partial charge in [0.15, 0.2) is 0 Å². The molecular weight excluding hydrogens is 232 g/mol. The van der Waals surface area contributed by atoms with Crippen molar-refractivity contribution in [2.45, 2.75) is 12.2 Å². The number of benzene rings is 1. The van der Waals surface area contributed by atoms with Crippen LogP contribution in [0, 0.1) is 0 Å². The van der Waals surface area contributed by atoms with Gasteiger partial charge in [0, 0.05) is 18.8 Å². The van der Waals surface area contributed by atoms with Crippen molar-refractivity contribution in [3.8, 4) is 0 Å². The first kappa shape index (κ1) is 12.8. The Morgan fingerprint density at radius 1 is 1.28 bits per heavy atom. The zero-order valence-corrected chi connectivity index (χ0v) is 10.1. The molecule has 5 nitrogen and oxygen atoms in total. The van der Waals surface area contributed by atoms with Gasteiger partial charge in [-0.1, -0.05) is 12.1 Å². The average Bonchev–Trinajstić information content (AvgIpc) is 2.37. The predicted molar refractivity (Wildman–Crippen MR) is 69.5 cm³/mol. The SMILES string of the molecule is CNCC(O)C(O)c1ccc2c[nH]c(=O)cc2c1. The predicted octanol–water partition coefficient (Wildman–Crippen LogP) is 0.142. The van der Waals surface area contributed by atoms with Crippen molar-refractivity contribution < 1.29 is 10.2 Å². The van der Waals surface area contributed by atoms with Crippen molar-refractivity contribution in [1.29, 1.82) is 0 Å². The number of likely N-dealkylation sites (N-methyl/N-ethyl adjacent to an activating group) is 1. The van der Waals surface area contributed by atoms with E-state index >= 15 is 0 Å². The maximum absolute atomic E-state index is 11.2. The molecule has 0 saturated carbocycles. The molecule has 4 N–H and O–H groups in total. The number of aliphatic hydroxyl groups excluding tert-OH is 2. The summed E-state index contributed by atoms with van der Waals surface area (Å²) >= 11 is 0. The zero-order chi connectivity index (χ0) is 13.1. The lowest BCUT2D eigenvalue weighted by Gasteiger charge is -2.18. The van der Waals surface area contributed by atoms with Crippen molar-refractivity contribution in [3.05, 3.63) is 46.4 Å². The van der Waals surface area contributed by atoms with Gasteiger partial charge in [-0.15, -0.1) is 0 Å². The highest BCUT2D eigenvalue weighted by molar-refractivity contribution is 5.82. The topological polar surface area (TPSA) is 85.3 Å². The lowest BCUT2D eigenvalue weighted by atomic mass is 10.0. The normalized spacial score (nSPS) is 14.6. The summed E-state index contributed by atoms with van der Waals surface area (Å²) in [6.45, 7) is 0.300. The minimum Gasteiger partial charge on any atom is -0.389 e. The van der Waals surface area contributed by atoms with E-state index in [9.17, 15) is 15.0 Å². The first-order valence-corrected chi connectivity index (χ1v) is 5.75. The van der Waals surface area contributed by atoms with Crippen LogP contribution in [0.3, 0.4) is 0 Å². The second-order valence-electron chi connectivity index (χ2n) is 4.26. The molecule has 1 aromatic carbocycles. The van der Waals surface area contributed by atoms with Gasteiger partial charge in [-0.05, 0) is 29.4 Å². The van der Waals surface area contributed by atoms with E-state index in [1.54, 1.807) is 31.4 Å².